The third-order valence-corrected chi connectivity index (χ3v) is 10.7. The van der Waals surface area contributed by atoms with Crippen molar-refractivity contribution in [2.24, 2.45) is 0 Å². The number of sulfone groups is 1. The summed E-state index contributed by atoms with van der Waals surface area (Å²) in [6.07, 6.45) is 2.17. The number of Topliss-reactive ketones (excluding diaryl/α,β-unsaturated/α-hetero) is 1. The number of amides is 1. The van der Waals surface area contributed by atoms with Crippen LogP contribution in [0.1, 0.15) is 34.6 Å². The number of morpholine rings is 1. The van der Waals surface area contributed by atoms with E-state index in [1.807, 2.05) is 84.9 Å². The molecule has 252 valence electrons. The molecular formula is C38H42N2O6S2. The molecule has 0 aromatic heterocycles. The molecule has 1 aliphatic rings. The van der Waals surface area contributed by atoms with Gasteiger partial charge in [0.15, 0.2) is 15.6 Å². The molecule has 8 nitrogen and oxygen atoms in total. The molecule has 0 radical (unpaired) electrons. The van der Waals surface area contributed by atoms with Crippen molar-refractivity contribution in [2.45, 2.75) is 53.2 Å². The van der Waals surface area contributed by atoms with Crippen LogP contribution >= 0.6 is 11.8 Å². The molecule has 48 heavy (non-hydrogen) atoms. The first-order chi connectivity index (χ1) is 23.2. The lowest BCUT2D eigenvalue weighted by atomic mass is 9.81. The van der Waals surface area contributed by atoms with E-state index in [0.717, 1.165) is 53.1 Å². The molecule has 2 N–H and O–H groups in total. The molecule has 0 spiro atoms. The van der Waals surface area contributed by atoms with Gasteiger partial charge in [-0.05, 0) is 53.3 Å². The molecule has 4 aromatic rings. The van der Waals surface area contributed by atoms with Crippen molar-refractivity contribution in [2.75, 3.05) is 32.2 Å². The fraction of sp³-hybridized carbons (Fsp3) is 0.316. The van der Waals surface area contributed by atoms with Crippen LogP contribution in [-0.2, 0) is 36.9 Å². The van der Waals surface area contributed by atoms with Gasteiger partial charge in [-0.3, -0.25) is 4.79 Å². The van der Waals surface area contributed by atoms with Crippen LogP contribution < -0.4 is 10.6 Å². The number of benzene rings is 4. The molecular weight excluding hydrogens is 645 g/mol. The van der Waals surface area contributed by atoms with Crippen molar-refractivity contribution in [3.8, 4) is 0 Å². The summed E-state index contributed by atoms with van der Waals surface area (Å²) >= 11 is 1.58. The van der Waals surface area contributed by atoms with Gasteiger partial charge in [0.1, 0.15) is 6.04 Å². The number of rotatable bonds is 14. The van der Waals surface area contributed by atoms with E-state index in [1.54, 1.807) is 30.0 Å². The largest absolute Gasteiger partial charge is 0.453 e. The van der Waals surface area contributed by atoms with Crippen molar-refractivity contribution in [3.63, 3.8) is 0 Å². The number of carbonyl (C=O) groups excluding carboxylic acids is 2. The lowest BCUT2D eigenvalue weighted by molar-refractivity contribution is -0.120. The fourth-order valence-electron chi connectivity index (χ4n) is 6.05. The number of methoxy groups -OCH3 is 1. The fourth-order valence-corrected chi connectivity index (χ4v) is 7.75. The lowest BCUT2D eigenvalue weighted by Crippen LogP contribution is -2.46. The quantitative estimate of drug-likeness (QED) is 0.159. The van der Waals surface area contributed by atoms with Crippen LogP contribution in [0, 0.1) is 0 Å². The SMILES string of the molecule is COC(=O)N[C@H](C(=O)Cc1ccccc1CC[C@@H]1CNC[C@@H](CSc2cccc(S(C)(=O)=O)c2)O1)C(c1ccccc1)c1ccccc1. The van der Waals surface area contributed by atoms with Crippen LogP contribution in [0.5, 0.6) is 0 Å². The normalized spacial score (nSPS) is 17.1. The van der Waals surface area contributed by atoms with Gasteiger partial charge in [0.25, 0.3) is 0 Å². The molecule has 10 heteroatoms. The summed E-state index contributed by atoms with van der Waals surface area (Å²) in [6, 6.07) is 33.6. The minimum Gasteiger partial charge on any atom is -0.453 e. The van der Waals surface area contributed by atoms with Crippen LogP contribution in [0.4, 0.5) is 4.79 Å². The van der Waals surface area contributed by atoms with E-state index in [4.69, 9.17) is 9.47 Å². The molecule has 0 bridgehead atoms. The Hall–Kier alpha value is -3.96. The van der Waals surface area contributed by atoms with E-state index in [-0.39, 0.29) is 24.4 Å². The average Bonchev–Trinajstić information content (AvgIpc) is 3.11. The predicted molar refractivity (Wildman–Crippen MR) is 189 cm³/mol. The van der Waals surface area contributed by atoms with E-state index in [0.29, 0.717) is 10.6 Å². The van der Waals surface area contributed by atoms with Gasteiger partial charge in [0, 0.05) is 42.3 Å². The van der Waals surface area contributed by atoms with Gasteiger partial charge < -0.3 is 20.1 Å². The predicted octanol–water partition coefficient (Wildman–Crippen LogP) is 5.84. The van der Waals surface area contributed by atoms with Crippen LogP contribution in [0.15, 0.2) is 119 Å². The molecule has 1 heterocycles. The molecule has 4 aromatic carbocycles. The summed E-state index contributed by atoms with van der Waals surface area (Å²) in [5.74, 6) is 0.176. The van der Waals surface area contributed by atoms with Crippen molar-refractivity contribution in [3.05, 3.63) is 131 Å². The first kappa shape index (κ1) is 35.3. The molecule has 1 aliphatic heterocycles. The second-order valence-electron chi connectivity index (χ2n) is 12.0. The van der Waals surface area contributed by atoms with Gasteiger partial charge in [0.2, 0.25) is 0 Å². The second kappa shape index (κ2) is 16.9. The number of ether oxygens (including phenoxy) is 2. The highest BCUT2D eigenvalue weighted by atomic mass is 32.2. The van der Waals surface area contributed by atoms with Gasteiger partial charge in [-0.1, -0.05) is 91.0 Å². The Morgan fingerprint density at radius 2 is 1.50 bits per heavy atom. The number of carbonyl (C=O) groups is 2. The minimum atomic E-state index is -3.27. The number of ketones is 1. The van der Waals surface area contributed by atoms with Crippen molar-refractivity contribution >= 4 is 33.5 Å². The number of hydrogen-bond donors (Lipinski definition) is 2. The minimum absolute atomic E-state index is 0.00950. The zero-order valence-electron chi connectivity index (χ0n) is 27.2. The molecule has 0 saturated carbocycles. The number of nitrogens with one attached hydrogen (secondary N) is 2. The maximum atomic E-state index is 14.2. The van der Waals surface area contributed by atoms with Gasteiger partial charge in [0.05, 0.1) is 24.2 Å². The molecule has 1 amide bonds. The van der Waals surface area contributed by atoms with Crippen LogP contribution in [-0.4, -0.2) is 70.8 Å². The zero-order chi connectivity index (χ0) is 33.9. The summed E-state index contributed by atoms with van der Waals surface area (Å²) in [5, 5.41) is 6.34. The van der Waals surface area contributed by atoms with Gasteiger partial charge in [-0.15, -0.1) is 11.8 Å². The van der Waals surface area contributed by atoms with Crippen LogP contribution in [0.2, 0.25) is 0 Å². The van der Waals surface area contributed by atoms with E-state index >= 15 is 0 Å². The molecule has 5 rings (SSSR count). The Bertz CT molecular complexity index is 1730. The van der Waals surface area contributed by atoms with E-state index in [9.17, 15) is 18.0 Å². The first-order valence-corrected chi connectivity index (χ1v) is 18.9. The van der Waals surface area contributed by atoms with Crippen molar-refractivity contribution in [1.82, 2.24) is 10.6 Å². The van der Waals surface area contributed by atoms with Gasteiger partial charge in [-0.2, -0.15) is 0 Å². The van der Waals surface area contributed by atoms with E-state index in [1.165, 1.54) is 13.4 Å². The first-order valence-electron chi connectivity index (χ1n) is 16.0. The maximum absolute atomic E-state index is 14.2. The summed E-state index contributed by atoms with van der Waals surface area (Å²) < 4.78 is 35.3. The summed E-state index contributed by atoms with van der Waals surface area (Å²) in [4.78, 5) is 28.0. The average molecular weight is 687 g/mol. The second-order valence-corrected chi connectivity index (χ2v) is 15.1. The molecule has 0 aliphatic carbocycles. The summed E-state index contributed by atoms with van der Waals surface area (Å²) in [7, 11) is -1.97. The lowest BCUT2D eigenvalue weighted by Gasteiger charge is -2.31. The Labute approximate surface area is 287 Å². The molecule has 1 fully saturated rings. The van der Waals surface area contributed by atoms with Gasteiger partial charge in [-0.25, -0.2) is 13.2 Å². The number of aryl methyl sites for hydroxylation is 1. The molecule has 0 unspecified atom stereocenters. The van der Waals surface area contributed by atoms with Crippen molar-refractivity contribution in [1.29, 1.82) is 0 Å². The highest BCUT2D eigenvalue weighted by Gasteiger charge is 2.33. The number of hydrogen-bond acceptors (Lipinski definition) is 8. The molecule has 3 atom stereocenters. The maximum Gasteiger partial charge on any atom is 0.407 e. The zero-order valence-corrected chi connectivity index (χ0v) is 28.8. The Balaban J connectivity index is 1.26. The summed E-state index contributed by atoms with van der Waals surface area (Å²) in [5.41, 5.74) is 3.83. The third-order valence-electron chi connectivity index (χ3n) is 8.47. The van der Waals surface area contributed by atoms with E-state index < -0.39 is 27.9 Å². The van der Waals surface area contributed by atoms with E-state index in [2.05, 4.69) is 16.7 Å². The monoisotopic (exact) mass is 686 g/mol. The highest BCUT2D eigenvalue weighted by molar-refractivity contribution is 7.99. The smallest absolute Gasteiger partial charge is 0.407 e. The standard InChI is InChI=1S/C38H42N2O6S2/c1-45-38(42)40-37(36(28-13-5-3-6-14-28)29-15-7-4-8-16-29)35(41)22-30-17-10-9-12-27(30)20-21-31-24-39-25-32(46-31)26-47-33-18-11-19-34(23-33)48(2,43)44/h3-19,23,31-32,36-37,39H,20-22,24-26H2,1-2H3,(H,40,42)/t31-,32+,37-/m1/s1. The van der Waals surface area contributed by atoms with Crippen molar-refractivity contribution < 1.29 is 27.5 Å². The molecule has 1 saturated heterocycles. The third kappa shape index (κ3) is 9.79. The van der Waals surface area contributed by atoms with Crippen LogP contribution in [0.25, 0.3) is 0 Å². The number of alkyl carbamates (subject to hydrolysis) is 1. The Morgan fingerprint density at radius 3 is 2.15 bits per heavy atom. The highest BCUT2D eigenvalue weighted by Crippen LogP contribution is 2.30. The van der Waals surface area contributed by atoms with Crippen LogP contribution in [0.3, 0.4) is 0 Å². The Kier molecular flexibility index (Phi) is 12.5. The Morgan fingerprint density at radius 1 is 0.875 bits per heavy atom. The van der Waals surface area contributed by atoms with Gasteiger partial charge >= 0.3 is 6.09 Å². The summed E-state index contributed by atoms with van der Waals surface area (Å²) in [6.45, 7) is 1.45. The topological polar surface area (TPSA) is 111 Å². The number of thioether (sulfide) groups is 1.